The third-order valence-corrected chi connectivity index (χ3v) is 4.36. The first-order valence-corrected chi connectivity index (χ1v) is 6.07. The van der Waals surface area contributed by atoms with Crippen LogP contribution >= 0.6 is 0 Å². The van der Waals surface area contributed by atoms with Gasteiger partial charge >= 0.3 is 0 Å². The molecule has 3 heterocycles. The molecule has 0 radical (unpaired) electrons. The van der Waals surface area contributed by atoms with Gasteiger partial charge in [0.2, 0.25) is 0 Å². The molecule has 1 nitrogen and oxygen atoms in total. The van der Waals surface area contributed by atoms with Gasteiger partial charge in [0.1, 0.15) is 0 Å². The van der Waals surface area contributed by atoms with E-state index in [0.717, 1.165) is 17.8 Å². The lowest BCUT2D eigenvalue weighted by molar-refractivity contribution is 0.0171. The zero-order valence-corrected chi connectivity index (χ0v) is 9.13. The van der Waals surface area contributed by atoms with E-state index in [4.69, 9.17) is 0 Å². The Kier molecular flexibility index (Phi) is 2.92. The minimum absolute atomic E-state index is 1.01. The molecule has 0 saturated carbocycles. The number of hydrogen-bond donors (Lipinski definition) is 0. The largest absolute Gasteiger partial charge is 0.303 e. The quantitative estimate of drug-likeness (QED) is 0.647. The van der Waals surface area contributed by atoms with Gasteiger partial charge in [-0.1, -0.05) is 26.7 Å². The Morgan fingerprint density at radius 1 is 1.15 bits per heavy atom. The summed E-state index contributed by atoms with van der Waals surface area (Å²) in [6.07, 6.45) is 5.76. The summed E-state index contributed by atoms with van der Waals surface area (Å²) in [5.41, 5.74) is 0. The zero-order valence-electron chi connectivity index (χ0n) is 9.13. The number of fused-ring (bicyclic) bond motifs is 3. The van der Waals surface area contributed by atoms with Crippen LogP contribution in [0.1, 0.15) is 39.5 Å². The second kappa shape index (κ2) is 4.00. The molecule has 13 heavy (non-hydrogen) atoms. The molecule has 0 aromatic heterocycles. The summed E-state index contributed by atoms with van der Waals surface area (Å²) in [5, 5.41) is 0. The lowest BCUT2D eigenvalue weighted by Gasteiger charge is -2.47. The van der Waals surface area contributed by atoms with Crippen molar-refractivity contribution in [1.82, 2.24) is 4.90 Å². The van der Waals surface area contributed by atoms with Crippen LogP contribution in [0.4, 0.5) is 0 Å². The molecule has 1 heteroatoms. The monoisotopic (exact) mass is 181 g/mol. The van der Waals surface area contributed by atoms with E-state index in [1.54, 1.807) is 0 Å². The second-order valence-electron chi connectivity index (χ2n) is 4.88. The lowest BCUT2D eigenvalue weighted by atomic mass is 9.71. The average Bonchev–Trinajstić information content (AvgIpc) is 2.22. The van der Waals surface area contributed by atoms with Crippen LogP contribution in [0.25, 0.3) is 0 Å². The second-order valence-corrected chi connectivity index (χ2v) is 4.88. The zero-order chi connectivity index (χ0) is 9.26. The standard InChI is InChI=1S/C12H23N/c1-3-10(4-2)12-9-13-7-5-11(12)6-8-13/h10-12H,3-9H2,1-2H3. The van der Waals surface area contributed by atoms with Gasteiger partial charge in [0.15, 0.2) is 0 Å². The Hall–Kier alpha value is -0.0400. The molecule has 2 bridgehead atoms. The Morgan fingerprint density at radius 3 is 2.15 bits per heavy atom. The van der Waals surface area contributed by atoms with Crippen LogP contribution in [0.15, 0.2) is 0 Å². The van der Waals surface area contributed by atoms with Crippen LogP contribution in [0, 0.1) is 17.8 Å². The molecule has 3 rings (SSSR count). The van der Waals surface area contributed by atoms with Crippen molar-refractivity contribution in [3.05, 3.63) is 0 Å². The maximum absolute atomic E-state index is 2.68. The molecule has 0 N–H and O–H groups in total. The Morgan fingerprint density at radius 2 is 1.77 bits per heavy atom. The molecule has 1 atom stereocenters. The summed E-state index contributed by atoms with van der Waals surface area (Å²) in [7, 11) is 0. The van der Waals surface area contributed by atoms with Crippen LogP contribution < -0.4 is 0 Å². The Bertz CT molecular complexity index is 153. The first kappa shape index (κ1) is 9.51. The fourth-order valence-electron chi connectivity index (χ4n) is 3.44. The van der Waals surface area contributed by atoms with Gasteiger partial charge in [0.05, 0.1) is 0 Å². The third kappa shape index (κ3) is 1.76. The highest BCUT2D eigenvalue weighted by Gasteiger charge is 2.36. The highest BCUT2D eigenvalue weighted by atomic mass is 15.1. The first-order valence-electron chi connectivity index (χ1n) is 6.07. The van der Waals surface area contributed by atoms with Crippen LogP contribution in [0.3, 0.4) is 0 Å². The smallest absolute Gasteiger partial charge is 0.00150 e. The van der Waals surface area contributed by atoms with E-state index < -0.39 is 0 Å². The normalized spacial score (nSPS) is 38.5. The van der Waals surface area contributed by atoms with E-state index in [2.05, 4.69) is 18.7 Å². The van der Waals surface area contributed by atoms with Crippen LogP contribution in [0.5, 0.6) is 0 Å². The van der Waals surface area contributed by atoms with E-state index >= 15 is 0 Å². The van der Waals surface area contributed by atoms with Gasteiger partial charge in [-0.15, -0.1) is 0 Å². The van der Waals surface area contributed by atoms with Crippen molar-refractivity contribution in [2.75, 3.05) is 19.6 Å². The van der Waals surface area contributed by atoms with Crippen molar-refractivity contribution >= 4 is 0 Å². The SMILES string of the molecule is CCC(CC)C1CN2CCC1CC2. The molecular weight excluding hydrogens is 158 g/mol. The topological polar surface area (TPSA) is 3.24 Å². The van der Waals surface area contributed by atoms with Crippen LogP contribution in [0.2, 0.25) is 0 Å². The lowest BCUT2D eigenvalue weighted by Crippen LogP contribution is -2.49. The molecule has 3 aliphatic rings. The molecule has 76 valence electrons. The van der Waals surface area contributed by atoms with Crippen LogP contribution in [-0.4, -0.2) is 24.5 Å². The van der Waals surface area contributed by atoms with Crippen LogP contribution in [-0.2, 0) is 0 Å². The van der Waals surface area contributed by atoms with E-state index in [0.29, 0.717) is 0 Å². The first-order chi connectivity index (χ1) is 6.35. The minimum atomic E-state index is 1.01. The van der Waals surface area contributed by atoms with Crippen molar-refractivity contribution in [3.8, 4) is 0 Å². The summed E-state index contributed by atoms with van der Waals surface area (Å²) in [4.78, 5) is 2.68. The Balaban J connectivity index is 1.99. The maximum Gasteiger partial charge on any atom is 0.00150 e. The summed E-state index contributed by atoms with van der Waals surface area (Å²) < 4.78 is 0. The Labute approximate surface area is 82.5 Å². The van der Waals surface area contributed by atoms with Gasteiger partial charge < -0.3 is 4.90 Å². The van der Waals surface area contributed by atoms with Crippen molar-refractivity contribution in [2.45, 2.75) is 39.5 Å². The highest BCUT2D eigenvalue weighted by molar-refractivity contribution is 4.89. The summed E-state index contributed by atoms with van der Waals surface area (Å²) in [6, 6.07) is 0. The van der Waals surface area contributed by atoms with Gasteiger partial charge in [-0.3, -0.25) is 0 Å². The molecule has 3 saturated heterocycles. The number of rotatable bonds is 3. The van der Waals surface area contributed by atoms with Crippen molar-refractivity contribution in [1.29, 1.82) is 0 Å². The molecule has 0 aromatic rings. The van der Waals surface area contributed by atoms with Crippen molar-refractivity contribution < 1.29 is 0 Å². The van der Waals surface area contributed by atoms with Gasteiger partial charge in [-0.2, -0.15) is 0 Å². The predicted octanol–water partition coefficient (Wildman–Crippen LogP) is 2.76. The molecule has 3 aliphatic heterocycles. The summed E-state index contributed by atoms with van der Waals surface area (Å²) in [5.74, 6) is 3.13. The van der Waals surface area contributed by atoms with E-state index in [1.165, 1.54) is 45.3 Å². The number of hydrogen-bond acceptors (Lipinski definition) is 1. The fourth-order valence-corrected chi connectivity index (χ4v) is 3.44. The molecule has 0 aromatic carbocycles. The summed E-state index contributed by atoms with van der Waals surface area (Å²) >= 11 is 0. The molecular formula is C12H23N. The molecule has 0 aliphatic carbocycles. The third-order valence-electron chi connectivity index (χ3n) is 4.36. The van der Waals surface area contributed by atoms with E-state index in [9.17, 15) is 0 Å². The van der Waals surface area contributed by atoms with Gasteiger partial charge in [0.25, 0.3) is 0 Å². The van der Waals surface area contributed by atoms with Gasteiger partial charge in [-0.25, -0.2) is 0 Å². The van der Waals surface area contributed by atoms with E-state index in [-0.39, 0.29) is 0 Å². The van der Waals surface area contributed by atoms with E-state index in [1.807, 2.05) is 0 Å². The molecule has 1 unspecified atom stereocenters. The predicted molar refractivity (Wildman–Crippen MR) is 56.7 cm³/mol. The number of nitrogens with zero attached hydrogens (tertiary/aromatic N) is 1. The van der Waals surface area contributed by atoms with Crippen molar-refractivity contribution in [2.24, 2.45) is 17.8 Å². The van der Waals surface area contributed by atoms with Gasteiger partial charge in [-0.05, 0) is 43.7 Å². The number of piperidine rings is 3. The molecule has 3 fully saturated rings. The maximum atomic E-state index is 2.68. The molecule has 0 spiro atoms. The van der Waals surface area contributed by atoms with Crippen molar-refractivity contribution in [3.63, 3.8) is 0 Å². The highest BCUT2D eigenvalue weighted by Crippen LogP contribution is 2.38. The summed E-state index contributed by atoms with van der Waals surface area (Å²) in [6.45, 7) is 8.93. The van der Waals surface area contributed by atoms with Gasteiger partial charge in [0, 0.05) is 6.54 Å². The minimum Gasteiger partial charge on any atom is -0.303 e. The molecule has 0 amide bonds. The fraction of sp³-hybridized carbons (Fsp3) is 1.00. The average molecular weight is 181 g/mol.